The van der Waals surface area contributed by atoms with Crippen molar-refractivity contribution in [1.82, 2.24) is 5.32 Å². The van der Waals surface area contributed by atoms with E-state index in [0.717, 1.165) is 17.5 Å². The molecule has 0 aromatic heterocycles. The van der Waals surface area contributed by atoms with E-state index in [1.807, 2.05) is 24.3 Å². The molecule has 0 saturated heterocycles. The predicted octanol–water partition coefficient (Wildman–Crippen LogP) is 2.67. The van der Waals surface area contributed by atoms with Gasteiger partial charge >= 0.3 is 5.97 Å². The van der Waals surface area contributed by atoms with Crippen molar-refractivity contribution in [3.63, 3.8) is 0 Å². The van der Waals surface area contributed by atoms with Crippen LogP contribution < -0.4 is 10.1 Å². The lowest BCUT2D eigenvalue weighted by Gasteiger charge is -2.12. The van der Waals surface area contributed by atoms with E-state index in [2.05, 4.69) is 5.32 Å². The minimum Gasteiger partial charge on any atom is -0.482 e. The van der Waals surface area contributed by atoms with Gasteiger partial charge in [0.1, 0.15) is 5.75 Å². The molecule has 0 saturated carbocycles. The molecular formula is C18H20ClNO4. The number of hydrogen-bond donors (Lipinski definition) is 3. The molecule has 0 aliphatic rings. The van der Waals surface area contributed by atoms with Crippen LogP contribution in [-0.4, -0.2) is 35.9 Å². The van der Waals surface area contributed by atoms with Crippen LogP contribution in [0.4, 0.5) is 0 Å². The topological polar surface area (TPSA) is 78.8 Å². The molecule has 0 heterocycles. The number of carboxylic acids is 1. The molecule has 0 fully saturated rings. The zero-order valence-electron chi connectivity index (χ0n) is 13.1. The molecule has 0 bridgehead atoms. The summed E-state index contributed by atoms with van der Waals surface area (Å²) in [5, 5.41) is 22.5. The third-order valence-electron chi connectivity index (χ3n) is 3.45. The second-order valence-corrected chi connectivity index (χ2v) is 5.79. The van der Waals surface area contributed by atoms with Gasteiger partial charge in [-0.3, -0.25) is 0 Å². The quantitative estimate of drug-likeness (QED) is 0.607. The number of aliphatic hydroxyl groups is 1. The largest absolute Gasteiger partial charge is 0.482 e. The molecule has 2 rings (SSSR count). The zero-order chi connectivity index (χ0) is 17.4. The Balaban J connectivity index is 1.71. The number of benzene rings is 2. The average Bonchev–Trinajstić information content (AvgIpc) is 2.57. The second-order valence-electron chi connectivity index (χ2n) is 5.35. The van der Waals surface area contributed by atoms with E-state index >= 15 is 0 Å². The van der Waals surface area contributed by atoms with Crippen molar-refractivity contribution in [3.8, 4) is 5.75 Å². The van der Waals surface area contributed by atoms with Gasteiger partial charge < -0.3 is 20.3 Å². The fourth-order valence-corrected chi connectivity index (χ4v) is 2.40. The number of carboxylic acid groups (broad SMARTS) is 1. The third-order valence-corrected chi connectivity index (χ3v) is 3.68. The van der Waals surface area contributed by atoms with E-state index < -0.39 is 12.1 Å². The molecule has 0 radical (unpaired) electrons. The van der Waals surface area contributed by atoms with Gasteiger partial charge in [-0.05, 0) is 48.4 Å². The molecular weight excluding hydrogens is 330 g/mol. The van der Waals surface area contributed by atoms with Crippen LogP contribution in [0.5, 0.6) is 5.75 Å². The van der Waals surface area contributed by atoms with Crippen molar-refractivity contribution in [1.29, 1.82) is 0 Å². The Labute approximate surface area is 145 Å². The van der Waals surface area contributed by atoms with Crippen molar-refractivity contribution in [2.24, 2.45) is 0 Å². The Kier molecular flexibility index (Phi) is 7.06. The highest BCUT2D eigenvalue weighted by atomic mass is 35.5. The molecule has 0 aliphatic carbocycles. The summed E-state index contributed by atoms with van der Waals surface area (Å²) < 4.78 is 5.08. The maximum atomic E-state index is 10.4. The first-order valence-electron chi connectivity index (χ1n) is 7.62. The first kappa shape index (κ1) is 18.3. The van der Waals surface area contributed by atoms with E-state index in [1.54, 1.807) is 24.3 Å². The van der Waals surface area contributed by atoms with Gasteiger partial charge in [0.2, 0.25) is 0 Å². The molecule has 1 unspecified atom stereocenters. The summed E-state index contributed by atoms with van der Waals surface area (Å²) in [6, 6.07) is 14.5. The summed E-state index contributed by atoms with van der Waals surface area (Å²) >= 11 is 5.91. The molecule has 5 nitrogen and oxygen atoms in total. The maximum Gasteiger partial charge on any atom is 0.341 e. The lowest BCUT2D eigenvalue weighted by molar-refractivity contribution is -0.139. The SMILES string of the molecule is O=C(O)COc1ccc(CCNCC(O)c2cccc(Cl)c2)cc1. The number of aliphatic carboxylic acids is 1. The molecule has 6 heteroatoms. The maximum absolute atomic E-state index is 10.4. The van der Waals surface area contributed by atoms with E-state index in [0.29, 0.717) is 23.9 Å². The number of carbonyl (C=O) groups is 1. The summed E-state index contributed by atoms with van der Waals surface area (Å²) in [5.74, 6) is -0.466. The molecule has 1 atom stereocenters. The van der Waals surface area contributed by atoms with Crippen LogP contribution in [0.3, 0.4) is 0 Å². The van der Waals surface area contributed by atoms with Crippen LogP contribution in [0.1, 0.15) is 17.2 Å². The van der Waals surface area contributed by atoms with E-state index in [1.165, 1.54) is 0 Å². The minimum atomic E-state index is -0.999. The van der Waals surface area contributed by atoms with Gasteiger partial charge in [0.25, 0.3) is 0 Å². The number of hydrogen-bond acceptors (Lipinski definition) is 4. The number of nitrogens with one attached hydrogen (secondary N) is 1. The first-order valence-corrected chi connectivity index (χ1v) is 8.00. The summed E-state index contributed by atoms with van der Waals surface area (Å²) in [4.78, 5) is 10.4. The normalized spacial score (nSPS) is 11.9. The van der Waals surface area contributed by atoms with E-state index in [4.69, 9.17) is 21.4 Å². The molecule has 128 valence electrons. The van der Waals surface area contributed by atoms with Crippen LogP contribution in [0.2, 0.25) is 5.02 Å². The van der Waals surface area contributed by atoms with Gasteiger partial charge in [-0.15, -0.1) is 0 Å². The molecule has 2 aromatic carbocycles. The van der Waals surface area contributed by atoms with Crippen LogP contribution in [-0.2, 0) is 11.2 Å². The van der Waals surface area contributed by atoms with Gasteiger partial charge in [-0.1, -0.05) is 35.9 Å². The zero-order valence-corrected chi connectivity index (χ0v) is 13.9. The van der Waals surface area contributed by atoms with Gasteiger partial charge in [0.15, 0.2) is 6.61 Å². The monoisotopic (exact) mass is 349 g/mol. The number of aliphatic hydroxyl groups excluding tert-OH is 1. The highest BCUT2D eigenvalue weighted by molar-refractivity contribution is 6.30. The fraction of sp³-hybridized carbons (Fsp3) is 0.278. The van der Waals surface area contributed by atoms with Gasteiger partial charge in [0, 0.05) is 11.6 Å². The van der Waals surface area contributed by atoms with Crippen molar-refractivity contribution in [2.75, 3.05) is 19.7 Å². The lowest BCUT2D eigenvalue weighted by Crippen LogP contribution is -2.23. The van der Waals surface area contributed by atoms with E-state index in [-0.39, 0.29) is 6.61 Å². The van der Waals surface area contributed by atoms with Gasteiger partial charge in [0.05, 0.1) is 6.10 Å². The van der Waals surface area contributed by atoms with E-state index in [9.17, 15) is 9.90 Å². The van der Waals surface area contributed by atoms with Crippen molar-refractivity contribution in [3.05, 3.63) is 64.7 Å². The van der Waals surface area contributed by atoms with Gasteiger partial charge in [-0.2, -0.15) is 0 Å². The van der Waals surface area contributed by atoms with Crippen LogP contribution >= 0.6 is 11.6 Å². The third kappa shape index (κ3) is 6.20. The van der Waals surface area contributed by atoms with Crippen molar-refractivity contribution in [2.45, 2.75) is 12.5 Å². The number of halogens is 1. The molecule has 3 N–H and O–H groups in total. The Bertz CT molecular complexity index is 660. The minimum absolute atomic E-state index is 0.345. The summed E-state index contributed by atoms with van der Waals surface area (Å²) in [7, 11) is 0. The lowest BCUT2D eigenvalue weighted by atomic mass is 10.1. The smallest absolute Gasteiger partial charge is 0.341 e. The van der Waals surface area contributed by atoms with Crippen molar-refractivity contribution >= 4 is 17.6 Å². The standard InChI is InChI=1S/C18H20ClNO4/c19-15-3-1-2-14(10-15)17(21)11-20-9-8-13-4-6-16(7-5-13)24-12-18(22)23/h1-7,10,17,20-21H,8-9,11-12H2,(H,22,23). The Hall–Kier alpha value is -2.08. The summed E-state index contributed by atoms with van der Waals surface area (Å²) in [6.07, 6.45) is 0.192. The van der Waals surface area contributed by atoms with Crippen LogP contribution in [0.25, 0.3) is 0 Å². The summed E-state index contributed by atoms with van der Waals surface area (Å²) in [5.41, 5.74) is 1.89. The fourth-order valence-electron chi connectivity index (χ4n) is 2.20. The highest BCUT2D eigenvalue weighted by Gasteiger charge is 2.07. The van der Waals surface area contributed by atoms with Crippen LogP contribution in [0, 0.1) is 0 Å². The molecule has 0 amide bonds. The molecule has 0 spiro atoms. The molecule has 2 aromatic rings. The van der Waals surface area contributed by atoms with Crippen LogP contribution in [0.15, 0.2) is 48.5 Å². The summed E-state index contributed by atoms with van der Waals surface area (Å²) in [6.45, 7) is 0.815. The number of ether oxygens (including phenoxy) is 1. The van der Waals surface area contributed by atoms with Crippen molar-refractivity contribution < 1.29 is 19.7 Å². The molecule has 24 heavy (non-hydrogen) atoms. The Morgan fingerprint density at radius 2 is 1.96 bits per heavy atom. The average molecular weight is 350 g/mol. The Morgan fingerprint density at radius 3 is 2.62 bits per heavy atom. The molecule has 0 aliphatic heterocycles. The highest BCUT2D eigenvalue weighted by Crippen LogP contribution is 2.17. The second kappa shape index (κ2) is 9.27. The first-order chi connectivity index (χ1) is 11.5. The number of rotatable bonds is 9. The Morgan fingerprint density at radius 1 is 1.21 bits per heavy atom. The predicted molar refractivity (Wildman–Crippen MR) is 92.6 cm³/mol. The van der Waals surface area contributed by atoms with Gasteiger partial charge in [-0.25, -0.2) is 4.79 Å².